The topological polar surface area (TPSA) is 45.4 Å². The van der Waals surface area contributed by atoms with Gasteiger partial charge in [0.15, 0.2) is 0 Å². The lowest BCUT2D eigenvalue weighted by Crippen LogP contribution is -2.21. The average Bonchev–Trinajstić information content (AvgIpc) is 2.76. The fourth-order valence-corrected chi connectivity index (χ4v) is 1.70. The van der Waals surface area contributed by atoms with Crippen molar-refractivity contribution in [2.24, 2.45) is 0 Å². The first-order valence-electron chi connectivity index (χ1n) is 5.74. The highest BCUT2D eigenvalue weighted by molar-refractivity contribution is 5.18. The highest BCUT2D eigenvalue weighted by atomic mass is 16.3. The molecular formula is C14H17NO2. The summed E-state index contributed by atoms with van der Waals surface area (Å²) in [6.07, 6.45) is 1.20. The highest BCUT2D eigenvalue weighted by Gasteiger charge is 2.07. The number of hydrogen-bond acceptors (Lipinski definition) is 3. The number of aliphatic hydroxyl groups excluding tert-OH is 1. The Balaban J connectivity index is 1.81. The molecule has 0 amide bonds. The Kier molecular flexibility index (Phi) is 3.96. The summed E-state index contributed by atoms with van der Waals surface area (Å²) in [6, 6.07) is 11.6. The number of aliphatic hydroxyl groups is 1. The standard InChI is InChI=1S/C14H17NO2/c1-11-7-8-17-14(11)10-15-9-13(16)12-5-3-2-4-6-12/h2-8,13,15-16H,9-10H2,1H3. The van der Waals surface area contributed by atoms with E-state index in [1.54, 1.807) is 6.26 Å². The van der Waals surface area contributed by atoms with Crippen molar-refractivity contribution in [1.29, 1.82) is 0 Å². The summed E-state index contributed by atoms with van der Waals surface area (Å²) in [5.41, 5.74) is 2.06. The Labute approximate surface area is 101 Å². The minimum atomic E-state index is -0.480. The van der Waals surface area contributed by atoms with Crippen LogP contribution in [0.2, 0.25) is 0 Å². The van der Waals surface area contributed by atoms with E-state index < -0.39 is 6.10 Å². The molecule has 1 unspecified atom stereocenters. The van der Waals surface area contributed by atoms with E-state index in [9.17, 15) is 5.11 Å². The zero-order chi connectivity index (χ0) is 12.1. The summed E-state index contributed by atoms with van der Waals surface area (Å²) in [4.78, 5) is 0. The van der Waals surface area contributed by atoms with Crippen LogP contribution in [-0.2, 0) is 6.54 Å². The van der Waals surface area contributed by atoms with Gasteiger partial charge in [-0.05, 0) is 24.1 Å². The molecule has 3 nitrogen and oxygen atoms in total. The number of benzene rings is 1. The van der Waals surface area contributed by atoms with Gasteiger partial charge in [-0.25, -0.2) is 0 Å². The van der Waals surface area contributed by atoms with E-state index in [2.05, 4.69) is 5.32 Å². The van der Waals surface area contributed by atoms with Crippen LogP contribution in [-0.4, -0.2) is 11.7 Å². The number of nitrogens with one attached hydrogen (secondary N) is 1. The SMILES string of the molecule is Cc1ccoc1CNCC(O)c1ccccc1. The molecule has 0 aliphatic carbocycles. The summed E-state index contributed by atoms with van der Waals surface area (Å²) in [6.45, 7) is 3.17. The first-order valence-corrected chi connectivity index (χ1v) is 5.74. The van der Waals surface area contributed by atoms with Gasteiger partial charge < -0.3 is 14.8 Å². The van der Waals surface area contributed by atoms with Gasteiger partial charge in [-0.1, -0.05) is 30.3 Å². The molecule has 1 heterocycles. The quantitative estimate of drug-likeness (QED) is 0.830. The predicted octanol–water partition coefficient (Wildman–Crippen LogP) is 2.41. The van der Waals surface area contributed by atoms with E-state index in [0.29, 0.717) is 13.1 Å². The van der Waals surface area contributed by atoms with E-state index in [0.717, 1.165) is 16.9 Å². The molecule has 0 aliphatic heterocycles. The van der Waals surface area contributed by atoms with Crippen molar-refractivity contribution in [2.45, 2.75) is 19.6 Å². The van der Waals surface area contributed by atoms with Crippen LogP contribution < -0.4 is 5.32 Å². The molecule has 0 saturated carbocycles. The first-order chi connectivity index (χ1) is 8.27. The minimum Gasteiger partial charge on any atom is -0.468 e. The lowest BCUT2D eigenvalue weighted by Gasteiger charge is -2.11. The fraction of sp³-hybridized carbons (Fsp3) is 0.286. The van der Waals surface area contributed by atoms with Crippen LogP contribution in [0.3, 0.4) is 0 Å². The zero-order valence-electron chi connectivity index (χ0n) is 9.89. The van der Waals surface area contributed by atoms with Crippen molar-refractivity contribution >= 4 is 0 Å². The first kappa shape index (κ1) is 11.9. The van der Waals surface area contributed by atoms with Crippen LogP contribution >= 0.6 is 0 Å². The van der Waals surface area contributed by atoms with Crippen molar-refractivity contribution in [3.63, 3.8) is 0 Å². The Morgan fingerprint density at radius 3 is 2.65 bits per heavy atom. The van der Waals surface area contributed by atoms with E-state index in [1.807, 2.05) is 43.3 Å². The second kappa shape index (κ2) is 5.66. The predicted molar refractivity (Wildman–Crippen MR) is 66.6 cm³/mol. The van der Waals surface area contributed by atoms with E-state index in [4.69, 9.17) is 4.42 Å². The third-order valence-electron chi connectivity index (χ3n) is 2.78. The number of rotatable bonds is 5. The van der Waals surface area contributed by atoms with Crippen molar-refractivity contribution < 1.29 is 9.52 Å². The minimum absolute atomic E-state index is 0.480. The Morgan fingerprint density at radius 1 is 1.24 bits per heavy atom. The van der Waals surface area contributed by atoms with Crippen molar-refractivity contribution in [1.82, 2.24) is 5.32 Å². The summed E-state index contributed by atoms with van der Waals surface area (Å²) in [5, 5.41) is 13.1. The molecule has 1 atom stereocenters. The van der Waals surface area contributed by atoms with Gasteiger partial charge in [0.2, 0.25) is 0 Å². The smallest absolute Gasteiger partial charge is 0.120 e. The monoisotopic (exact) mass is 231 g/mol. The molecule has 2 aromatic rings. The van der Waals surface area contributed by atoms with Gasteiger partial charge in [0, 0.05) is 6.54 Å². The maximum absolute atomic E-state index is 9.93. The molecule has 0 saturated heterocycles. The maximum Gasteiger partial charge on any atom is 0.120 e. The van der Waals surface area contributed by atoms with Crippen LogP contribution in [0.25, 0.3) is 0 Å². The number of furan rings is 1. The lowest BCUT2D eigenvalue weighted by atomic mass is 10.1. The largest absolute Gasteiger partial charge is 0.468 e. The lowest BCUT2D eigenvalue weighted by molar-refractivity contribution is 0.173. The van der Waals surface area contributed by atoms with E-state index >= 15 is 0 Å². The van der Waals surface area contributed by atoms with Gasteiger partial charge in [-0.2, -0.15) is 0 Å². The van der Waals surface area contributed by atoms with Crippen LogP contribution in [0.1, 0.15) is 23.0 Å². The third kappa shape index (κ3) is 3.19. The highest BCUT2D eigenvalue weighted by Crippen LogP contribution is 2.12. The molecule has 0 radical (unpaired) electrons. The van der Waals surface area contributed by atoms with Gasteiger partial charge in [-0.3, -0.25) is 0 Å². The molecule has 0 aliphatic rings. The third-order valence-corrected chi connectivity index (χ3v) is 2.78. The van der Waals surface area contributed by atoms with Gasteiger partial charge >= 0.3 is 0 Å². The number of aryl methyl sites for hydroxylation is 1. The molecule has 1 aromatic heterocycles. The Bertz CT molecular complexity index is 450. The number of hydrogen-bond donors (Lipinski definition) is 2. The Hall–Kier alpha value is -1.58. The normalized spacial score (nSPS) is 12.6. The van der Waals surface area contributed by atoms with Crippen molar-refractivity contribution in [3.8, 4) is 0 Å². The van der Waals surface area contributed by atoms with Crippen molar-refractivity contribution in [2.75, 3.05) is 6.54 Å². The molecule has 90 valence electrons. The summed E-state index contributed by atoms with van der Waals surface area (Å²) >= 11 is 0. The molecule has 0 bridgehead atoms. The second-order valence-electron chi connectivity index (χ2n) is 4.08. The van der Waals surface area contributed by atoms with Crippen LogP contribution in [0.15, 0.2) is 47.1 Å². The van der Waals surface area contributed by atoms with Crippen LogP contribution in [0, 0.1) is 6.92 Å². The fourth-order valence-electron chi connectivity index (χ4n) is 1.70. The molecule has 0 fully saturated rings. The molecule has 2 rings (SSSR count). The van der Waals surface area contributed by atoms with Gasteiger partial charge in [0.05, 0.1) is 18.9 Å². The van der Waals surface area contributed by atoms with E-state index in [-0.39, 0.29) is 0 Å². The van der Waals surface area contributed by atoms with Crippen LogP contribution in [0.4, 0.5) is 0 Å². The van der Waals surface area contributed by atoms with Crippen LogP contribution in [0.5, 0.6) is 0 Å². The molecule has 0 spiro atoms. The molecule has 17 heavy (non-hydrogen) atoms. The molecule has 1 aromatic carbocycles. The molecular weight excluding hydrogens is 214 g/mol. The zero-order valence-corrected chi connectivity index (χ0v) is 9.89. The van der Waals surface area contributed by atoms with Crippen molar-refractivity contribution in [3.05, 3.63) is 59.5 Å². The second-order valence-corrected chi connectivity index (χ2v) is 4.08. The van der Waals surface area contributed by atoms with Gasteiger partial charge in [0.25, 0.3) is 0 Å². The molecule has 2 N–H and O–H groups in total. The summed E-state index contributed by atoms with van der Waals surface area (Å²) in [7, 11) is 0. The molecule has 3 heteroatoms. The van der Waals surface area contributed by atoms with Gasteiger partial charge in [-0.15, -0.1) is 0 Å². The van der Waals surface area contributed by atoms with E-state index in [1.165, 1.54) is 0 Å². The maximum atomic E-state index is 9.93. The summed E-state index contributed by atoms with van der Waals surface area (Å²) in [5.74, 6) is 0.922. The van der Waals surface area contributed by atoms with Gasteiger partial charge in [0.1, 0.15) is 5.76 Å². The summed E-state index contributed by atoms with van der Waals surface area (Å²) < 4.78 is 5.31. The average molecular weight is 231 g/mol. The Morgan fingerprint density at radius 2 is 2.00 bits per heavy atom.